The van der Waals surface area contributed by atoms with Crippen LogP contribution >= 0.6 is 0 Å². The zero-order chi connectivity index (χ0) is 13.1. The molecule has 1 N–H and O–H groups in total. The highest BCUT2D eigenvalue weighted by molar-refractivity contribution is 5.69. The van der Waals surface area contributed by atoms with Crippen LogP contribution in [0.4, 0.5) is 4.39 Å². The smallest absolute Gasteiger partial charge is 0.303 e. The van der Waals surface area contributed by atoms with Gasteiger partial charge >= 0.3 is 5.97 Å². The first-order chi connectivity index (χ1) is 8.59. The summed E-state index contributed by atoms with van der Waals surface area (Å²) in [5, 5.41) is 12.8. The second-order valence-corrected chi connectivity index (χ2v) is 4.00. The van der Waals surface area contributed by atoms with Crippen molar-refractivity contribution >= 4 is 5.97 Å². The molecular formula is C13H13FN2O2. The van der Waals surface area contributed by atoms with E-state index in [4.69, 9.17) is 5.11 Å². The van der Waals surface area contributed by atoms with Crippen molar-refractivity contribution in [1.82, 2.24) is 9.78 Å². The van der Waals surface area contributed by atoms with Crippen LogP contribution in [0.1, 0.15) is 12.1 Å². The summed E-state index contributed by atoms with van der Waals surface area (Å²) in [6.45, 7) is 0. The molecule has 94 valence electrons. The number of aromatic nitrogens is 2. The fourth-order valence-corrected chi connectivity index (χ4v) is 1.89. The number of carboxylic acid groups (broad SMARTS) is 1. The first-order valence-corrected chi connectivity index (χ1v) is 5.57. The zero-order valence-electron chi connectivity index (χ0n) is 9.93. The van der Waals surface area contributed by atoms with Gasteiger partial charge in [-0.3, -0.25) is 9.48 Å². The van der Waals surface area contributed by atoms with Crippen molar-refractivity contribution in [1.29, 1.82) is 0 Å². The summed E-state index contributed by atoms with van der Waals surface area (Å²) >= 11 is 0. The van der Waals surface area contributed by atoms with Gasteiger partial charge in [0.1, 0.15) is 5.82 Å². The number of hydrogen-bond acceptors (Lipinski definition) is 2. The van der Waals surface area contributed by atoms with E-state index in [2.05, 4.69) is 5.10 Å². The normalized spacial score (nSPS) is 10.6. The van der Waals surface area contributed by atoms with Gasteiger partial charge in [0, 0.05) is 30.3 Å². The van der Waals surface area contributed by atoms with Crippen LogP contribution in [0.25, 0.3) is 11.1 Å². The molecule has 0 spiro atoms. The lowest BCUT2D eigenvalue weighted by molar-refractivity contribution is -0.136. The molecule has 4 nitrogen and oxygen atoms in total. The lowest BCUT2D eigenvalue weighted by Gasteiger charge is -2.06. The van der Waals surface area contributed by atoms with Crippen LogP contribution in [0, 0.1) is 5.82 Å². The summed E-state index contributed by atoms with van der Waals surface area (Å²) in [5.41, 5.74) is 1.82. The number of benzene rings is 1. The number of aryl methyl sites for hydroxylation is 1. The number of nitrogens with zero attached hydrogens (tertiary/aromatic N) is 2. The number of hydrogen-bond donors (Lipinski definition) is 1. The first kappa shape index (κ1) is 12.3. The van der Waals surface area contributed by atoms with Crippen LogP contribution < -0.4 is 0 Å². The first-order valence-electron chi connectivity index (χ1n) is 5.57. The largest absolute Gasteiger partial charge is 0.481 e. The highest BCUT2D eigenvalue weighted by atomic mass is 19.1. The van der Waals surface area contributed by atoms with Crippen molar-refractivity contribution < 1.29 is 14.3 Å². The zero-order valence-corrected chi connectivity index (χ0v) is 9.93. The number of carbonyl (C=O) groups is 1. The van der Waals surface area contributed by atoms with Crippen molar-refractivity contribution in [3.05, 3.63) is 42.0 Å². The maximum atomic E-state index is 13.7. The summed E-state index contributed by atoms with van der Waals surface area (Å²) in [6, 6.07) is 6.40. The summed E-state index contributed by atoms with van der Waals surface area (Å²) in [4.78, 5) is 10.6. The molecule has 0 radical (unpaired) electrons. The maximum absolute atomic E-state index is 13.7. The monoisotopic (exact) mass is 248 g/mol. The van der Waals surface area contributed by atoms with Crippen LogP contribution in [-0.2, 0) is 18.3 Å². The Morgan fingerprint density at radius 2 is 2.11 bits per heavy atom. The van der Waals surface area contributed by atoms with Gasteiger partial charge in [-0.2, -0.15) is 5.10 Å². The van der Waals surface area contributed by atoms with E-state index in [9.17, 15) is 9.18 Å². The van der Waals surface area contributed by atoms with Crippen LogP contribution in [-0.4, -0.2) is 20.9 Å². The van der Waals surface area contributed by atoms with E-state index >= 15 is 0 Å². The molecule has 0 fully saturated rings. The molecule has 18 heavy (non-hydrogen) atoms. The van der Waals surface area contributed by atoms with E-state index in [0.717, 1.165) is 5.69 Å². The van der Waals surface area contributed by atoms with Gasteiger partial charge in [-0.25, -0.2) is 4.39 Å². The van der Waals surface area contributed by atoms with Gasteiger partial charge in [0.15, 0.2) is 0 Å². The summed E-state index contributed by atoms with van der Waals surface area (Å²) in [6.07, 6.45) is 1.89. The number of carboxylic acids is 1. The maximum Gasteiger partial charge on any atom is 0.303 e. The Kier molecular flexibility index (Phi) is 3.41. The quantitative estimate of drug-likeness (QED) is 0.902. The third-order valence-corrected chi connectivity index (χ3v) is 2.80. The highest BCUT2D eigenvalue weighted by Gasteiger charge is 2.14. The van der Waals surface area contributed by atoms with E-state index in [0.29, 0.717) is 17.5 Å². The summed E-state index contributed by atoms with van der Waals surface area (Å²) < 4.78 is 15.3. The van der Waals surface area contributed by atoms with Gasteiger partial charge in [-0.15, -0.1) is 0 Å². The predicted octanol–water partition coefficient (Wildman–Crippen LogP) is 2.24. The molecule has 0 saturated carbocycles. The Balaban J connectivity index is 2.40. The lowest BCUT2D eigenvalue weighted by atomic mass is 10.0. The van der Waals surface area contributed by atoms with E-state index in [1.807, 2.05) is 0 Å². The van der Waals surface area contributed by atoms with Crippen molar-refractivity contribution in [2.75, 3.05) is 0 Å². The third-order valence-electron chi connectivity index (χ3n) is 2.80. The van der Waals surface area contributed by atoms with Gasteiger partial charge < -0.3 is 5.11 Å². The topological polar surface area (TPSA) is 55.1 Å². The average Bonchev–Trinajstić information content (AvgIpc) is 2.68. The minimum atomic E-state index is -0.879. The molecule has 0 saturated heterocycles. The Hall–Kier alpha value is -2.17. The molecule has 1 heterocycles. The molecule has 0 aliphatic rings. The van der Waals surface area contributed by atoms with E-state index in [1.165, 1.54) is 6.07 Å². The minimum absolute atomic E-state index is 0.000978. The van der Waals surface area contributed by atoms with Gasteiger partial charge in [0.2, 0.25) is 0 Å². The van der Waals surface area contributed by atoms with Crippen LogP contribution in [0.5, 0.6) is 0 Å². The molecule has 0 unspecified atom stereocenters. The molecule has 2 rings (SSSR count). The Morgan fingerprint density at radius 3 is 2.78 bits per heavy atom. The SMILES string of the molecule is Cn1ncc(-c2ccccc2F)c1CCC(=O)O. The molecule has 0 aliphatic carbocycles. The van der Waals surface area contributed by atoms with Gasteiger partial charge in [-0.1, -0.05) is 18.2 Å². The number of halogens is 1. The molecule has 0 atom stereocenters. The van der Waals surface area contributed by atoms with Crippen molar-refractivity contribution in [3.8, 4) is 11.1 Å². The number of aliphatic carboxylic acids is 1. The number of rotatable bonds is 4. The van der Waals surface area contributed by atoms with E-state index < -0.39 is 5.97 Å². The van der Waals surface area contributed by atoms with Gasteiger partial charge in [0.05, 0.1) is 12.6 Å². The summed E-state index contributed by atoms with van der Waals surface area (Å²) in [5.74, 6) is -1.21. The lowest BCUT2D eigenvalue weighted by Crippen LogP contribution is -2.04. The van der Waals surface area contributed by atoms with Crippen LogP contribution in [0.2, 0.25) is 0 Å². The Morgan fingerprint density at radius 1 is 1.39 bits per heavy atom. The van der Waals surface area contributed by atoms with Crippen molar-refractivity contribution in [3.63, 3.8) is 0 Å². The van der Waals surface area contributed by atoms with Gasteiger partial charge in [0.25, 0.3) is 0 Å². The summed E-state index contributed by atoms with van der Waals surface area (Å²) in [7, 11) is 1.72. The Labute approximate surface area is 104 Å². The molecule has 2 aromatic rings. The molecule has 0 amide bonds. The minimum Gasteiger partial charge on any atom is -0.481 e. The second kappa shape index (κ2) is 5.00. The fourth-order valence-electron chi connectivity index (χ4n) is 1.89. The molecular weight excluding hydrogens is 235 g/mol. The third kappa shape index (κ3) is 2.40. The van der Waals surface area contributed by atoms with E-state index in [1.54, 1.807) is 36.1 Å². The molecule has 1 aromatic heterocycles. The second-order valence-electron chi connectivity index (χ2n) is 4.00. The standard InChI is InChI=1S/C13H13FN2O2/c1-16-12(6-7-13(17)18)10(8-15-16)9-4-2-3-5-11(9)14/h2-5,8H,6-7H2,1H3,(H,17,18). The predicted molar refractivity (Wildman–Crippen MR) is 64.6 cm³/mol. The van der Waals surface area contributed by atoms with Crippen LogP contribution in [0.3, 0.4) is 0 Å². The molecule has 1 aromatic carbocycles. The van der Waals surface area contributed by atoms with Crippen molar-refractivity contribution in [2.24, 2.45) is 7.05 Å². The molecule has 5 heteroatoms. The van der Waals surface area contributed by atoms with Gasteiger partial charge in [-0.05, 0) is 6.07 Å². The highest BCUT2D eigenvalue weighted by Crippen LogP contribution is 2.26. The van der Waals surface area contributed by atoms with Crippen molar-refractivity contribution in [2.45, 2.75) is 12.8 Å². The molecule has 0 aliphatic heterocycles. The van der Waals surface area contributed by atoms with E-state index in [-0.39, 0.29) is 12.2 Å². The molecule has 0 bridgehead atoms. The fraction of sp³-hybridized carbons (Fsp3) is 0.231. The van der Waals surface area contributed by atoms with Crippen LogP contribution in [0.15, 0.2) is 30.5 Å². The Bertz CT molecular complexity index is 578. The average molecular weight is 248 g/mol.